The maximum atomic E-state index is 11.4. The van der Waals surface area contributed by atoms with E-state index >= 15 is 0 Å². The van der Waals surface area contributed by atoms with Crippen molar-refractivity contribution in [3.8, 4) is 0 Å². The van der Waals surface area contributed by atoms with Crippen LogP contribution in [0.1, 0.15) is 17.0 Å². The largest absolute Gasteiger partial charge is 0.469 e. The molecule has 0 saturated heterocycles. The fraction of sp³-hybridized carbons (Fsp3) is 0.400. The van der Waals surface area contributed by atoms with Crippen molar-refractivity contribution >= 4 is 17.6 Å². The summed E-state index contributed by atoms with van der Waals surface area (Å²) in [5.41, 5.74) is 7.05. The van der Waals surface area contributed by atoms with Crippen molar-refractivity contribution in [3.63, 3.8) is 0 Å². The Bertz CT molecular complexity index is 368. The number of aromatic nitrogens is 1. The van der Waals surface area contributed by atoms with Gasteiger partial charge in [-0.05, 0) is 18.1 Å². The van der Waals surface area contributed by atoms with E-state index in [1.54, 1.807) is 12.3 Å². The van der Waals surface area contributed by atoms with Crippen LogP contribution in [0.4, 0.5) is 0 Å². The Morgan fingerprint density at radius 1 is 1.73 bits per heavy atom. The summed E-state index contributed by atoms with van der Waals surface area (Å²) in [4.78, 5) is 15.3. The van der Waals surface area contributed by atoms with Crippen molar-refractivity contribution in [3.05, 3.63) is 28.5 Å². The molecule has 0 aromatic carbocycles. The number of aryl methyl sites for hydroxylation is 1. The molecular weight excluding hydrogens is 216 g/mol. The van der Waals surface area contributed by atoms with E-state index in [4.69, 9.17) is 17.3 Å². The van der Waals surface area contributed by atoms with Crippen molar-refractivity contribution in [2.24, 2.45) is 5.73 Å². The molecule has 0 aliphatic carbocycles. The molecule has 15 heavy (non-hydrogen) atoms. The highest BCUT2D eigenvalue weighted by Gasteiger charge is 2.20. The second-order valence-electron chi connectivity index (χ2n) is 3.19. The lowest BCUT2D eigenvalue weighted by Crippen LogP contribution is -2.23. The lowest BCUT2D eigenvalue weighted by atomic mass is 10.0. The molecule has 0 spiro atoms. The number of halogens is 1. The zero-order valence-corrected chi connectivity index (χ0v) is 9.41. The van der Waals surface area contributed by atoms with Gasteiger partial charge in [0.15, 0.2) is 0 Å². The average Bonchev–Trinajstić information content (AvgIpc) is 2.24. The highest BCUT2D eigenvalue weighted by molar-refractivity contribution is 6.30. The van der Waals surface area contributed by atoms with Gasteiger partial charge in [0.2, 0.25) is 0 Å². The lowest BCUT2D eigenvalue weighted by Gasteiger charge is -2.12. The minimum absolute atomic E-state index is 0.190. The number of carbonyl (C=O) groups is 1. The molecule has 0 saturated carbocycles. The van der Waals surface area contributed by atoms with Crippen LogP contribution in [0.5, 0.6) is 0 Å². The van der Waals surface area contributed by atoms with E-state index in [1.807, 2.05) is 6.92 Å². The number of carbonyl (C=O) groups excluding carboxylic acids is 1. The predicted molar refractivity (Wildman–Crippen MR) is 57.8 cm³/mol. The fourth-order valence-electron chi connectivity index (χ4n) is 1.28. The first-order valence-electron chi connectivity index (χ1n) is 4.50. The van der Waals surface area contributed by atoms with E-state index in [1.165, 1.54) is 7.11 Å². The maximum Gasteiger partial charge on any atom is 0.314 e. The number of nitrogens with two attached hydrogens (primary N) is 1. The molecule has 1 rings (SSSR count). The third kappa shape index (κ3) is 2.67. The van der Waals surface area contributed by atoms with Gasteiger partial charge >= 0.3 is 5.97 Å². The third-order valence-corrected chi connectivity index (χ3v) is 2.55. The van der Waals surface area contributed by atoms with Crippen molar-refractivity contribution in [2.75, 3.05) is 13.7 Å². The summed E-state index contributed by atoms with van der Waals surface area (Å²) in [5.74, 6) is -0.834. The average molecular weight is 229 g/mol. The molecule has 0 radical (unpaired) electrons. The van der Waals surface area contributed by atoms with Crippen LogP contribution in [-0.2, 0) is 9.53 Å². The predicted octanol–water partition coefficient (Wildman–Crippen LogP) is 1.26. The van der Waals surface area contributed by atoms with Crippen LogP contribution in [0.2, 0.25) is 5.15 Å². The van der Waals surface area contributed by atoms with Gasteiger partial charge in [0, 0.05) is 12.7 Å². The standard InChI is InChI=1S/C10H13ClN2O2/c1-6-3-7(5-13-9(6)11)8(4-12)10(14)15-2/h3,5,8H,4,12H2,1-2H3. The number of pyridine rings is 1. The second-order valence-corrected chi connectivity index (χ2v) is 3.55. The quantitative estimate of drug-likeness (QED) is 0.625. The molecule has 1 heterocycles. The Labute approximate surface area is 93.4 Å². The zero-order chi connectivity index (χ0) is 11.4. The van der Waals surface area contributed by atoms with E-state index in [9.17, 15) is 4.79 Å². The Hall–Kier alpha value is -1.13. The number of rotatable bonds is 3. The van der Waals surface area contributed by atoms with Gasteiger partial charge in [-0.1, -0.05) is 17.7 Å². The number of esters is 1. The highest BCUT2D eigenvalue weighted by Crippen LogP contribution is 2.20. The van der Waals surface area contributed by atoms with Crippen LogP contribution in [0.25, 0.3) is 0 Å². The smallest absolute Gasteiger partial charge is 0.314 e. The van der Waals surface area contributed by atoms with Crippen LogP contribution in [0.15, 0.2) is 12.3 Å². The Morgan fingerprint density at radius 2 is 2.40 bits per heavy atom. The van der Waals surface area contributed by atoms with Crippen LogP contribution in [0.3, 0.4) is 0 Å². The molecule has 0 amide bonds. The normalized spacial score (nSPS) is 12.3. The zero-order valence-electron chi connectivity index (χ0n) is 8.66. The minimum Gasteiger partial charge on any atom is -0.469 e. The van der Waals surface area contributed by atoms with Gasteiger partial charge in [-0.15, -0.1) is 0 Å². The van der Waals surface area contributed by atoms with E-state index in [0.29, 0.717) is 5.15 Å². The van der Waals surface area contributed by atoms with E-state index < -0.39 is 5.92 Å². The number of nitrogens with zero attached hydrogens (tertiary/aromatic N) is 1. The Morgan fingerprint density at radius 3 is 2.87 bits per heavy atom. The van der Waals surface area contributed by atoms with E-state index in [2.05, 4.69) is 9.72 Å². The summed E-state index contributed by atoms with van der Waals surface area (Å²) in [6, 6.07) is 1.80. The molecule has 1 aromatic heterocycles. The second kappa shape index (κ2) is 5.09. The van der Waals surface area contributed by atoms with Gasteiger partial charge in [0.05, 0.1) is 13.0 Å². The maximum absolute atomic E-state index is 11.4. The molecule has 0 aliphatic rings. The molecule has 82 valence electrons. The first-order valence-corrected chi connectivity index (χ1v) is 4.88. The first kappa shape index (κ1) is 11.9. The number of hydrogen-bond donors (Lipinski definition) is 1. The molecule has 2 N–H and O–H groups in total. The molecule has 5 heteroatoms. The monoisotopic (exact) mass is 228 g/mol. The Balaban J connectivity index is 3.02. The molecule has 4 nitrogen and oxygen atoms in total. The highest BCUT2D eigenvalue weighted by atomic mass is 35.5. The SMILES string of the molecule is COC(=O)C(CN)c1cnc(Cl)c(C)c1. The molecule has 0 fully saturated rings. The summed E-state index contributed by atoms with van der Waals surface area (Å²) in [7, 11) is 1.33. The topological polar surface area (TPSA) is 65.2 Å². The molecular formula is C10H13ClN2O2. The molecule has 0 bridgehead atoms. The first-order chi connectivity index (χ1) is 7.10. The third-order valence-electron chi connectivity index (χ3n) is 2.16. The van der Waals surface area contributed by atoms with Crippen LogP contribution < -0.4 is 5.73 Å². The fourth-order valence-corrected chi connectivity index (χ4v) is 1.38. The van der Waals surface area contributed by atoms with Gasteiger partial charge in [-0.2, -0.15) is 0 Å². The van der Waals surface area contributed by atoms with Gasteiger partial charge < -0.3 is 10.5 Å². The van der Waals surface area contributed by atoms with Crippen molar-refractivity contribution in [1.29, 1.82) is 0 Å². The molecule has 1 unspecified atom stereocenters. The molecule has 0 aliphatic heterocycles. The van der Waals surface area contributed by atoms with Crippen molar-refractivity contribution in [1.82, 2.24) is 4.98 Å². The van der Waals surface area contributed by atoms with Gasteiger partial charge in [-0.3, -0.25) is 4.79 Å². The number of hydrogen-bond acceptors (Lipinski definition) is 4. The number of methoxy groups -OCH3 is 1. The summed E-state index contributed by atoms with van der Waals surface area (Å²) >= 11 is 5.78. The van der Waals surface area contributed by atoms with Gasteiger partial charge in [0.1, 0.15) is 5.15 Å². The lowest BCUT2D eigenvalue weighted by molar-refractivity contribution is -0.142. The van der Waals surface area contributed by atoms with Crippen LogP contribution in [0, 0.1) is 6.92 Å². The Kier molecular flexibility index (Phi) is 4.05. The summed E-state index contributed by atoms with van der Waals surface area (Å²) in [6.45, 7) is 2.01. The summed E-state index contributed by atoms with van der Waals surface area (Å²) in [6.07, 6.45) is 1.55. The van der Waals surface area contributed by atoms with Crippen LogP contribution >= 0.6 is 11.6 Å². The van der Waals surface area contributed by atoms with Gasteiger partial charge in [-0.25, -0.2) is 4.98 Å². The number of ether oxygens (including phenoxy) is 1. The molecule has 1 atom stereocenters. The molecule has 1 aromatic rings. The van der Waals surface area contributed by atoms with Crippen LogP contribution in [-0.4, -0.2) is 24.6 Å². The summed E-state index contributed by atoms with van der Waals surface area (Å²) < 4.78 is 4.65. The summed E-state index contributed by atoms with van der Waals surface area (Å²) in [5, 5.41) is 0.430. The van der Waals surface area contributed by atoms with Crippen molar-refractivity contribution < 1.29 is 9.53 Å². The van der Waals surface area contributed by atoms with E-state index in [0.717, 1.165) is 11.1 Å². The van der Waals surface area contributed by atoms with Gasteiger partial charge in [0.25, 0.3) is 0 Å². The van der Waals surface area contributed by atoms with Crippen molar-refractivity contribution in [2.45, 2.75) is 12.8 Å². The van der Waals surface area contributed by atoms with E-state index in [-0.39, 0.29) is 12.5 Å². The minimum atomic E-state index is -0.474.